The van der Waals surface area contributed by atoms with Crippen molar-refractivity contribution >= 4 is 24.4 Å². The van der Waals surface area contributed by atoms with Gasteiger partial charge in [-0.05, 0) is 18.1 Å². The average molecular weight is 438 g/mol. The van der Waals surface area contributed by atoms with E-state index in [0.717, 1.165) is 17.5 Å². The molecule has 2 aromatic rings. The molecule has 1 aliphatic heterocycles. The van der Waals surface area contributed by atoms with Crippen LogP contribution in [0.15, 0.2) is 82.6 Å². The van der Waals surface area contributed by atoms with Crippen LogP contribution in [0.25, 0.3) is 0 Å². The topological polar surface area (TPSA) is 99.9 Å². The van der Waals surface area contributed by atoms with Gasteiger partial charge in [0.15, 0.2) is 0 Å². The van der Waals surface area contributed by atoms with Gasteiger partial charge in [0.1, 0.15) is 24.1 Å². The van der Waals surface area contributed by atoms with Gasteiger partial charge in [0.25, 0.3) is 0 Å². The van der Waals surface area contributed by atoms with Crippen LogP contribution < -0.4 is 16.2 Å². The first kappa shape index (κ1) is 22.5. The molecule has 0 saturated heterocycles. The number of nitrogens with two attached hydrogens (primary N) is 2. The number of amidine groups is 1. The number of para-hydroxylation sites is 1. The molecule has 0 fully saturated rings. The highest BCUT2D eigenvalue weighted by Crippen LogP contribution is 2.42. The highest BCUT2D eigenvalue weighted by Gasteiger charge is 2.36. The Labute approximate surface area is 188 Å². The number of hydrogen-bond acceptors (Lipinski definition) is 7. The highest BCUT2D eigenvalue weighted by atomic mass is 32.1. The van der Waals surface area contributed by atoms with E-state index in [-0.39, 0.29) is 11.8 Å². The lowest BCUT2D eigenvalue weighted by atomic mass is 9.80. The summed E-state index contributed by atoms with van der Waals surface area (Å²) < 4.78 is 11.4. The maximum atomic E-state index is 13.0. The fourth-order valence-electron chi connectivity index (χ4n) is 3.63. The number of allylic oxidation sites excluding steroid dienone is 1. The highest BCUT2D eigenvalue weighted by molar-refractivity contribution is 7.80. The third kappa shape index (κ3) is 5.11. The predicted molar refractivity (Wildman–Crippen MR) is 126 cm³/mol. The second kappa shape index (κ2) is 10.7. The number of nitrogens with zero attached hydrogens (tertiary/aromatic N) is 1. The Bertz CT molecular complexity index is 1020. The fraction of sp³-hybridized carbons (Fsp3) is 0.250. The number of benzene rings is 2. The van der Waals surface area contributed by atoms with Crippen LogP contribution in [0.4, 0.5) is 0 Å². The molecule has 7 heteroatoms. The molecule has 2 aromatic carbocycles. The lowest BCUT2D eigenvalue weighted by molar-refractivity contribution is -0.137. The van der Waals surface area contributed by atoms with Crippen molar-refractivity contribution in [2.75, 3.05) is 5.94 Å². The Balaban J connectivity index is 2.09. The first-order chi connectivity index (χ1) is 15.1. The SMILES string of the molecule is CCCC1=C(C(=O)OCS)C(c2ccccc2OCc2ccccc2)/C(=C/N)C(N)=N1. The molecule has 3 rings (SSSR count). The summed E-state index contributed by atoms with van der Waals surface area (Å²) in [7, 11) is 0. The van der Waals surface area contributed by atoms with Crippen molar-refractivity contribution in [3.05, 3.63) is 88.8 Å². The van der Waals surface area contributed by atoms with Crippen molar-refractivity contribution in [2.45, 2.75) is 32.3 Å². The van der Waals surface area contributed by atoms with E-state index in [4.69, 9.17) is 20.9 Å². The minimum atomic E-state index is -0.552. The second-order valence-electron chi connectivity index (χ2n) is 7.04. The van der Waals surface area contributed by atoms with Crippen molar-refractivity contribution in [3.8, 4) is 5.75 Å². The molecule has 1 unspecified atom stereocenters. The van der Waals surface area contributed by atoms with Gasteiger partial charge in [0.2, 0.25) is 0 Å². The number of carbonyl (C=O) groups is 1. The number of aliphatic imine (C=N–C) groups is 1. The molecule has 0 aromatic heterocycles. The van der Waals surface area contributed by atoms with E-state index in [1.54, 1.807) is 0 Å². The summed E-state index contributed by atoms with van der Waals surface area (Å²) in [5.74, 6) is -0.157. The van der Waals surface area contributed by atoms with Gasteiger partial charge in [0.05, 0.1) is 17.2 Å². The fourth-order valence-corrected chi connectivity index (χ4v) is 3.75. The summed E-state index contributed by atoms with van der Waals surface area (Å²) in [4.78, 5) is 17.4. The lowest BCUT2D eigenvalue weighted by Crippen LogP contribution is -2.30. The number of ether oxygens (including phenoxy) is 2. The number of rotatable bonds is 8. The van der Waals surface area contributed by atoms with Gasteiger partial charge >= 0.3 is 5.97 Å². The second-order valence-corrected chi connectivity index (χ2v) is 7.29. The van der Waals surface area contributed by atoms with E-state index in [1.807, 2.05) is 61.5 Å². The molecular weight excluding hydrogens is 410 g/mol. The summed E-state index contributed by atoms with van der Waals surface area (Å²) in [6.45, 7) is 2.40. The summed E-state index contributed by atoms with van der Waals surface area (Å²) in [5, 5.41) is 0. The first-order valence-electron chi connectivity index (χ1n) is 10.1. The Hall–Kier alpha value is -3.19. The molecule has 4 N–H and O–H groups in total. The van der Waals surface area contributed by atoms with E-state index in [1.165, 1.54) is 6.20 Å². The van der Waals surface area contributed by atoms with E-state index in [2.05, 4.69) is 17.6 Å². The van der Waals surface area contributed by atoms with Gasteiger partial charge in [-0.3, -0.25) is 0 Å². The quantitative estimate of drug-likeness (QED) is 0.329. The van der Waals surface area contributed by atoms with Crippen molar-refractivity contribution in [3.63, 3.8) is 0 Å². The molecule has 0 saturated carbocycles. The lowest BCUT2D eigenvalue weighted by Gasteiger charge is -2.29. The molecule has 1 atom stereocenters. The number of hydrogen-bond donors (Lipinski definition) is 3. The monoisotopic (exact) mass is 437 g/mol. The van der Waals surface area contributed by atoms with Crippen LogP contribution in [-0.4, -0.2) is 17.7 Å². The summed E-state index contributed by atoms with van der Waals surface area (Å²) in [6.07, 6.45) is 2.78. The van der Waals surface area contributed by atoms with Crippen LogP contribution in [0.3, 0.4) is 0 Å². The Morgan fingerprint density at radius 3 is 2.55 bits per heavy atom. The van der Waals surface area contributed by atoms with Crippen LogP contribution in [-0.2, 0) is 16.1 Å². The zero-order valence-electron chi connectivity index (χ0n) is 17.5. The van der Waals surface area contributed by atoms with E-state index in [0.29, 0.717) is 35.6 Å². The maximum absolute atomic E-state index is 13.0. The van der Waals surface area contributed by atoms with Crippen molar-refractivity contribution in [2.24, 2.45) is 16.5 Å². The summed E-state index contributed by atoms with van der Waals surface area (Å²) >= 11 is 4.05. The molecule has 162 valence electrons. The van der Waals surface area contributed by atoms with Gasteiger partial charge < -0.3 is 20.9 Å². The molecule has 0 amide bonds. The van der Waals surface area contributed by atoms with Gasteiger partial charge in [-0.1, -0.05) is 61.9 Å². The average Bonchev–Trinajstić information content (AvgIpc) is 2.78. The molecule has 0 spiro atoms. The van der Waals surface area contributed by atoms with Crippen molar-refractivity contribution in [1.82, 2.24) is 0 Å². The van der Waals surface area contributed by atoms with Crippen LogP contribution in [0.5, 0.6) is 5.75 Å². The Morgan fingerprint density at radius 1 is 1.16 bits per heavy atom. The third-order valence-corrected chi connectivity index (χ3v) is 5.14. The predicted octanol–water partition coefficient (Wildman–Crippen LogP) is 4.05. The summed E-state index contributed by atoms with van der Waals surface area (Å²) in [6, 6.07) is 17.4. The standard InChI is InChI=1S/C24H27N3O3S/c1-2-8-19-22(24(28)30-15-31)21(18(13-25)23(26)27-19)17-11-6-7-12-20(17)29-14-16-9-4-3-5-10-16/h3-7,9-13,21,31H,2,8,14-15,25H2,1H3,(H2,26,27)/b18-13-. The molecule has 6 nitrogen and oxygen atoms in total. The third-order valence-electron chi connectivity index (χ3n) is 5.01. The minimum Gasteiger partial charge on any atom is -0.489 e. The van der Waals surface area contributed by atoms with Crippen LogP contribution in [0.2, 0.25) is 0 Å². The van der Waals surface area contributed by atoms with Crippen molar-refractivity contribution < 1.29 is 14.3 Å². The molecule has 1 aliphatic rings. The number of carbonyl (C=O) groups excluding carboxylic acids is 1. The normalized spacial score (nSPS) is 17.4. The van der Waals surface area contributed by atoms with Gasteiger partial charge in [0, 0.05) is 17.3 Å². The number of esters is 1. The Kier molecular flexibility index (Phi) is 7.78. The van der Waals surface area contributed by atoms with E-state index in [9.17, 15) is 4.79 Å². The summed E-state index contributed by atoms with van der Waals surface area (Å²) in [5.41, 5.74) is 15.5. The minimum absolute atomic E-state index is 0.0402. The van der Waals surface area contributed by atoms with Crippen LogP contribution in [0, 0.1) is 0 Å². The molecule has 31 heavy (non-hydrogen) atoms. The van der Waals surface area contributed by atoms with Gasteiger partial charge in [-0.15, -0.1) is 12.6 Å². The zero-order chi connectivity index (χ0) is 22.2. The van der Waals surface area contributed by atoms with E-state index >= 15 is 0 Å². The van der Waals surface area contributed by atoms with E-state index < -0.39 is 11.9 Å². The smallest absolute Gasteiger partial charge is 0.337 e. The van der Waals surface area contributed by atoms with Crippen molar-refractivity contribution in [1.29, 1.82) is 0 Å². The van der Waals surface area contributed by atoms with Gasteiger partial charge in [-0.2, -0.15) is 0 Å². The zero-order valence-corrected chi connectivity index (χ0v) is 18.3. The molecule has 0 aliphatic carbocycles. The molecular formula is C24H27N3O3S. The largest absolute Gasteiger partial charge is 0.489 e. The Morgan fingerprint density at radius 2 is 1.87 bits per heavy atom. The van der Waals surface area contributed by atoms with Crippen LogP contribution in [0.1, 0.15) is 36.8 Å². The first-order valence-corrected chi connectivity index (χ1v) is 10.8. The maximum Gasteiger partial charge on any atom is 0.337 e. The van der Waals surface area contributed by atoms with Crippen LogP contribution >= 0.6 is 12.6 Å². The molecule has 1 heterocycles. The molecule has 0 bridgehead atoms. The molecule has 0 radical (unpaired) electrons. The number of thiol groups is 1. The van der Waals surface area contributed by atoms with Gasteiger partial charge in [-0.25, -0.2) is 9.79 Å².